The molecule has 0 fully saturated rings. The zero-order valence-corrected chi connectivity index (χ0v) is 15.0. The Morgan fingerprint density at radius 1 is 1.04 bits per heavy atom. The first-order valence-corrected chi connectivity index (χ1v) is 8.36. The van der Waals surface area contributed by atoms with Gasteiger partial charge >= 0.3 is 0 Å². The lowest BCUT2D eigenvalue weighted by molar-refractivity contribution is 0.0949. The Morgan fingerprint density at radius 3 is 2.48 bits per heavy atom. The predicted octanol–water partition coefficient (Wildman–Crippen LogP) is 2.65. The average molecular weight is 361 g/mol. The molecule has 0 bridgehead atoms. The minimum Gasteiger partial charge on any atom is -0.267 e. The Kier molecular flexibility index (Phi) is 5.41. The Bertz CT molecular complexity index is 978. The number of hydrogen-bond donors (Lipinski definition) is 2. The molecule has 0 atom stereocenters. The Balaban J connectivity index is 1.70. The molecule has 27 heavy (non-hydrogen) atoms. The maximum atomic E-state index is 12.4. The van der Waals surface area contributed by atoms with Crippen molar-refractivity contribution in [1.29, 1.82) is 0 Å². The van der Waals surface area contributed by atoms with Gasteiger partial charge in [0.25, 0.3) is 11.8 Å². The van der Waals surface area contributed by atoms with Gasteiger partial charge in [-0.1, -0.05) is 24.3 Å². The third-order valence-corrected chi connectivity index (χ3v) is 3.99. The summed E-state index contributed by atoms with van der Waals surface area (Å²) in [6.45, 7) is 3.74. The monoisotopic (exact) mass is 361 g/mol. The van der Waals surface area contributed by atoms with Gasteiger partial charge in [-0.25, -0.2) is 5.43 Å². The maximum Gasteiger partial charge on any atom is 0.289 e. The van der Waals surface area contributed by atoms with Gasteiger partial charge in [-0.3, -0.25) is 24.7 Å². The van der Waals surface area contributed by atoms with Crippen molar-refractivity contribution in [1.82, 2.24) is 15.1 Å². The summed E-state index contributed by atoms with van der Waals surface area (Å²) in [5, 5.41) is 3.98. The van der Waals surface area contributed by atoms with Crippen LogP contribution in [0.15, 0.2) is 65.9 Å². The zero-order valence-electron chi connectivity index (χ0n) is 15.0. The second-order valence-corrected chi connectivity index (χ2v) is 5.88. The fourth-order valence-corrected chi connectivity index (χ4v) is 2.56. The number of aromatic nitrogens is 2. The summed E-state index contributed by atoms with van der Waals surface area (Å²) in [5.41, 5.74) is 8.58. The van der Waals surface area contributed by atoms with Gasteiger partial charge in [-0.15, -0.1) is 0 Å². The molecule has 2 aromatic heterocycles. The highest BCUT2D eigenvalue weighted by Gasteiger charge is 2.12. The number of nitrogens with one attached hydrogen (secondary N) is 2. The van der Waals surface area contributed by atoms with Crippen LogP contribution in [0.25, 0.3) is 0 Å². The van der Waals surface area contributed by atoms with Crippen molar-refractivity contribution in [3.05, 3.63) is 89.0 Å². The molecule has 7 heteroatoms. The van der Waals surface area contributed by atoms with E-state index in [1.807, 2.05) is 38.1 Å². The van der Waals surface area contributed by atoms with Crippen LogP contribution >= 0.6 is 0 Å². The van der Waals surface area contributed by atoms with E-state index in [1.54, 1.807) is 41.2 Å². The summed E-state index contributed by atoms with van der Waals surface area (Å²) in [6.07, 6.45) is 3.08. The number of benzene rings is 1. The van der Waals surface area contributed by atoms with Gasteiger partial charge in [0.2, 0.25) is 0 Å². The van der Waals surface area contributed by atoms with E-state index in [0.29, 0.717) is 5.56 Å². The molecule has 136 valence electrons. The molecule has 0 saturated heterocycles. The highest BCUT2D eigenvalue weighted by atomic mass is 16.2. The highest BCUT2D eigenvalue weighted by Crippen LogP contribution is 2.12. The summed E-state index contributed by atoms with van der Waals surface area (Å²) in [5.74, 6) is -0.595. The summed E-state index contributed by atoms with van der Waals surface area (Å²) in [4.78, 5) is 28.3. The number of nitrogens with zero attached hydrogens (tertiary/aromatic N) is 3. The first-order valence-electron chi connectivity index (χ1n) is 8.36. The van der Waals surface area contributed by atoms with Crippen molar-refractivity contribution in [2.75, 3.05) is 5.43 Å². The van der Waals surface area contributed by atoms with Gasteiger partial charge in [0.05, 0.1) is 6.21 Å². The smallest absolute Gasteiger partial charge is 0.267 e. The Labute approximate surface area is 156 Å². The molecule has 0 aliphatic heterocycles. The van der Waals surface area contributed by atoms with E-state index in [4.69, 9.17) is 0 Å². The van der Waals surface area contributed by atoms with Crippen LogP contribution in [0.1, 0.15) is 37.8 Å². The molecule has 0 aliphatic rings. The van der Waals surface area contributed by atoms with Crippen LogP contribution in [0, 0.1) is 13.8 Å². The predicted molar refractivity (Wildman–Crippen MR) is 103 cm³/mol. The van der Waals surface area contributed by atoms with Crippen molar-refractivity contribution >= 4 is 18.0 Å². The Hall–Kier alpha value is -3.74. The van der Waals surface area contributed by atoms with Crippen LogP contribution in [0.5, 0.6) is 0 Å². The zero-order chi connectivity index (χ0) is 19.2. The molecule has 2 amide bonds. The van der Waals surface area contributed by atoms with E-state index in [-0.39, 0.29) is 11.6 Å². The fourth-order valence-electron chi connectivity index (χ4n) is 2.56. The first-order chi connectivity index (χ1) is 13.1. The van der Waals surface area contributed by atoms with Gasteiger partial charge in [0.1, 0.15) is 5.69 Å². The summed E-state index contributed by atoms with van der Waals surface area (Å²) in [6, 6.07) is 15.9. The molecule has 0 spiro atoms. The minimum absolute atomic E-state index is 0.204. The normalized spacial score (nSPS) is 10.7. The number of pyridine rings is 1. The number of aryl methyl sites for hydroxylation is 1. The lowest BCUT2D eigenvalue weighted by Crippen LogP contribution is -2.24. The molecular weight excluding hydrogens is 342 g/mol. The third-order valence-electron chi connectivity index (χ3n) is 3.99. The van der Waals surface area contributed by atoms with Gasteiger partial charge in [0, 0.05) is 28.7 Å². The van der Waals surface area contributed by atoms with E-state index < -0.39 is 5.91 Å². The number of carbonyl (C=O) groups excluding carboxylic acids is 2. The minimum atomic E-state index is -0.391. The first kappa shape index (κ1) is 18.1. The quantitative estimate of drug-likeness (QED) is 0.541. The standard InChI is InChI=1S/C20H19N5O2/c1-14-12-17(13-22-23-20(27)18-10-6-7-11-21-18)15(2)25(14)24-19(26)16-8-4-3-5-9-16/h3-13H,1-2H3,(H,23,27)(H,24,26)/b22-13-. The second-order valence-electron chi connectivity index (χ2n) is 5.88. The third kappa shape index (κ3) is 4.27. The van der Waals surface area contributed by atoms with Gasteiger partial charge in [0.15, 0.2) is 0 Å². The summed E-state index contributed by atoms with van der Waals surface area (Å²) in [7, 11) is 0. The number of amides is 2. The van der Waals surface area contributed by atoms with Crippen molar-refractivity contribution in [2.45, 2.75) is 13.8 Å². The molecular formula is C20H19N5O2. The molecule has 1 aromatic carbocycles. The number of hydrogen-bond acceptors (Lipinski definition) is 4. The lowest BCUT2D eigenvalue weighted by Gasteiger charge is -2.11. The average Bonchev–Trinajstić information content (AvgIpc) is 2.96. The molecule has 0 radical (unpaired) electrons. The SMILES string of the molecule is Cc1cc(/C=N\NC(=O)c2ccccn2)c(C)n1NC(=O)c1ccccc1. The maximum absolute atomic E-state index is 12.4. The molecule has 2 N–H and O–H groups in total. The van der Waals surface area contributed by atoms with Crippen LogP contribution in [-0.2, 0) is 0 Å². The van der Waals surface area contributed by atoms with E-state index in [1.165, 1.54) is 6.21 Å². The van der Waals surface area contributed by atoms with E-state index in [0.717, 1.165) is 17.0 Å². The van der Waals surface area contributed by atoms with Gasteiger partial charge < -0.3 is 0 Å². The van der Waals surface area contributed by atoms with Crippen molar-refractivity contribution in [3.8, 4) is 0 Å². The number of rotatable bonds is 5. The summed E-state index contributed by atoms with van der Waals surface area (Å²) < 4.78 is 1.69. The summed E-state index contributed by atoms with van der Waals surface area (Å²) >= 11 is 0. The second kappa shape index (κ2) is 8.09. The Morgan fingerprint density at radius 2 is 1.78 bits per heavy atom. The van der Waals surface area contributed by atoms with Gasteiger partial charge in [-0.05, 0) is 44.2 Å². The topological polar surface area (TPSA) is 88.4 Å². The van der Waals surface area contributed by atoms with Crippen molar-refractivity contribution in [3.63, 3.8) is 0 Å². The molecule has 0 aliphatic carbocycles. The van der Waals surface area contributed by atoms with Crippen LogP contribution in [0.4, 0.5) is 0 Å². The van der Waals surface area contributed by atoms with Crippen LogP contribution < -0.4 is 10.9 Å². The lowest BCUT2D eigenvalue weighted by atomic mass is 10.2. The molecule has 0 unspecified atom stereocenters. The van der Waals surface area contributed by atoms with E-state index in [9.17, 15) is 9.59 Å². The molecule has 3 aromatic rings. The van der Waals surface area contributed by atoms with E-state index >= 15 is 0 Å². The largest absolute Gasteiger partial charge is 0.289 e. The van der Waals surface area contributed by atoms with Crippen LogP contribution in [-0.4, -0.2) is 27.7 Å². The van der Waals surface area contributed by atoms with E-state index in [2.05, 4.69) is 20.9 Å². The van der Waals surface area contributed by atoms with Gasteiger partial charge in [-0.2, -0.15) is 5.10 Å². The molecule has 2 heterocycles. The number of carbonyl (C=O) groups is 2. The molecule has 3 rings (SSSR count). The van der Waals surface area contributed by atoms with Crippen LogP contribution in [0.3, 0.4) is 0 Å². The van der Waals surface area contributed by atoms with Crippen molar-refractivity contribution < 1.29 is 9.59 Å². The highest BCUT2D eigenvalue weighted by molar-refractivity contribution is 6.00. The van der Waals surface area contributed by atoms with Crippen molar-refractivity contribution in [2.24, 2.45) is 5.10 Å². The molecule has 7 nitrogen and oxygen atoms in total. The molecule has 0 saturated carbocycles. The fraction of sp³-hybridized carbons (Fsp3) is 0.100. The number of hydrazone groups is 1. The van der Waals surface area contributed by atoms with Crippen LogP contribution in [0.2, 0.25) is 0 Å².